The largest absolute Gasteiger partial charge is 0.444 e. The monoisotopic (exact) mass is 241 g/mol. The molecule has 4 nitrogen and oxygen atoms in total. The number of carbonyl (C=O) groups is 1. The molecule has 2 fully saturated rings. The molecule has 0 bridgehead atoms. The zero-order chi connectivity index (χ0) is 12.7. The fourth-order valence-electron chi connectivity index (χ4n) is 2.32. The van der Waals surface area contributed by atoms with E-state index in [2.05, 4.69) is 6.92 Å². The molecule has 0 saturated carbocycles. The van der Waals surface area contributed by atoms with Crippen LogP contribution in [0.2, 0.25) is 0 Å². The van der Waals surface area contributed by atoms with E-state index < -0.39 is 5.60 Å². The standard InChI is InChI=1S/C13H23NO3/c1-12(2,3)17-11(15)14-7-5-6-10(8-14)13(4)9-16-13/h10H,5-9H2,1-4H3/t10-,13+/m1/s1. The van der Waals surface area contributed by atoms with Crippen LogP contribution in [0.4, 0.5) is 4.79 Å². The van der Waals surface area contributed by atoms with Gasteiger partial charge in [0.05, 0.1) is 12.2 Å². The number of amides is 1. The van der Waals surface area contributed by atoms with Crippen LogP contribution in [-0.4, -0.2) is 41.9 Å². The third-order valence-corrected chi connectivity index (χ3v) is 3.54. The molecule has 98 valence electrons. The molecule has 0 radical (unpaired) electrons. The van der Waals surface area contributed by atoms with Crippen molar-refractivity contribution in [3.63, 3.8) is 0 Å². The number of ether oxygens (including phenoxy) is 2. The third-order valence-electron chi connectivity index (χ3n) is 3.54. The summed E-state index contributed by atoms with van der Waals surface area (Å²) in [4.78, 5) is 13.8. The number of likely N-dealkylation sites (tertiary alicyclic amines) is 1. The van der Waals surface area contributed by atoms with E-state index in [0.29, 0.717) is 5.92 Å². The number of carbonyl (C=O) groups excluding carboxylic acids is 1. The highest BCUT2D eigenvalue weighted by atomic mass is 16.6. The second-order valence-electron chi connectivity index (χ2n) is 6.37. The Morgan fingerprint density at radius 2 is 2.12 bits per heavy atom. The van der Waals surface area contributed by atoms with Crippen molar-refractivity contribution in [1.29, 1.82) is 0 Å². The summed E-state index contributed by atoms with van der Waals surface area (Å²) in [5.74, 6) is 0.462. The number of hydrogen-bond donors (Lipinski definition) is 0. The highest BCUT2D eigenvalue weighted by Gasteiger charge is 2.48. The van der Waals surface area contributed by atoms with E-state index in [1.807, 2.05) is 25.7 Å². The van der Waals surface area contributed by atoms with Crippen LogP contribution in [0.15, 0.2) is 0 Å². The van der Waals surface area contributed by atoms with Crippen molar-refractivity contribution in [3.8, 4) is 0 Å². The molecular weight excluding hydrogens is 218 g/mol. The molecule has 4 heteroatoms. The van der Waals surface area contributed by atoms with Crippen LogP contribution in [0.5, 0.6) is 0 Å². The molecule has 0 spiro atoms. The van der Waals surface area contributed by atoms with Gasteiger partial charge in [-0.15, -0.1) is 0 Å². The average Bonchev–Trinajstić information content (AvgIpc) is 2.96. The van der Waals surface area contributed by atoms with Gasteiger partial charge < -0.3 is 14.4 Å². The fraction of sp³-hybridized carbons (Fsp3) is 0.923. The van der Waals surface area contributed by atoms with Gasteiger partial charge in [-0.1, -0.05) is 0 Å². The summed E-state index contributed by atoms with van der Waals surface area (Å²) in [6.45, 7) is 10.2. The molecular formula is C13H23NO3. The molecule has 0 N–H and O–H groups in total. The molecule has 0 unspecified atom stereocenters. The minimum Gasteiger partial charge on any atom is -0.444 e. The van der Waals surface area contributed by atoms with Gasteiger partial charge in [0, 0.05) is 19.0 Å². The van der Waals surface area contributed by atoms with Crippen molar-refractivity contribution < 1.29 is 14.3 Å². The molecule has 2 aliphatic rings. The van der Waals surface area contributed by atoms with Crippen molar-refractivity contribution >= 4 is 6.09 Å². The number of rotatable bonds is 1. The van der Waals surface area contributed by atoms with E-state index in [9.17, 15) is 4.79 Å². The molecule has 2 rings (SSSR count). The molecule has 0 aromatic carbocycles. The summed E-state index contributed by atoms with van der Waals surface area (Å²) in [5, 5.41) is 0. The average molecular weight is 241 g/mol. The first-order chi connectivity index (χ1) is 7.80. The Morgan fingerprint density at radius 3 is 2.65 bits per heavy atom. The van der Waals surface area contributed by atoms with Crippen LogP contribution in [0.1, 0.15) is 40.5 Å². The topological polar surface area (TPSA) is 42.1 Å². The molecule has 17 heavy (non-hydrogen) atoms. The first kappa shape index (κ1) is 12.7. The minimum atomic E-state index is -0.413. The van der Waals surface area contributed by atoms with Gasteiger partial charge in [0.15, 0.2) is 0 Å². The van der Waals surface area contributed by atoms with Crippen LogP contribution < -0.4 is 0 Å². The Kier molecular flexibility index (Phi) is 3.10. The van der Waals surface area contributed by atoms with Crippen LogP contribution in [0.25, 0.3) is 0 Å². The highest BCUT2D eigenvalue weighted by molar-refractivity contribution is 5.68. The summed E-state index contributed by atoms with van der Waals surface area (Å²) < 4.78 is 10.9. The summed E-state index contributed by atoms with van der Waals surface area (Å²) in [6, 6.07) is 0. The molecule has 0 aromatic heterocycles. The zero-order valence-corrected chi connectivity index (χ0v) is 11.3. The van der Waals surface area contributed by atoms with E-state index in [-0.39, 0.29) is 11.7 Å². The normalized spacial score (nSPS) is 33.4. The lowest BCUT2D eigenvalue weighted by Gasteiger charge is -2.35. The zero-order valence-electron chi connectivity index (χ0n) is 11.3. The van der Waals surface area contributed by atoms with Gasteiger partial charge in [0.25, 0.3) is 0 Å². The van der Waals surface area contributed by atoms with Crippen LogP contribution in [-0.2, 0) is 9.47 Å². The first-order valence-corrected chi connectivity index (χ1v) is 6.42. The Balaban J connectivity index is 1.91. The Hall–Kier alpha value is -0.770. The van der Waals surface area contributed by atoms with Gasteiger partial charge in [0.1, 0.15) is 5.60 Å². The maximum Gasteiger partial charge on any atom is 0.410 e. The van der Waals surface area contributed by atoms with Gasteiger partial charge in [-0.3, -0.25) is 0 Å². The second kappa shape index (κ2) is 4.16. The predicted octanol–water partition coefficient (Wildman–Crippen LogP) is 2.42. The summed E-state index contributed by atoms with van der Waals surface area (Å²) in [5.41, 5.74) is -0.398. The predicted molar refractivity (Wildman–Crippen MR) is 64.9 cm³/mol. The van der Waals surface area contributed by atoms with Crippen LogP contribution in [0, 0.1) is 5.92 Å². The first-order valence-electron chi connectivity index (χ1n) is 6.42. The number of nitrogens with zero attached hydrogens (tertiary/aromatic N) is 1. The highest BCUT2D eigenvalue weighted by Crippen LogP contribution is 2.39. The maximum absolute atomic E-state index is 12.0. The molecule has 1 amide bonds. The second-order valence-corrected chi connectivity index (χ2v) is 6.37. The van der Waals surface area contributed by atoms with Gasteiger partial charge >= 0.3 is 6.09 Å². The molecule has 0 aliphatic carbocycles. The van der Waals surface area contributed by atoms with E-state index in [1.54, 1.807) is 0 Å². The van der Waals surface area contributed by atoms with Gasteiger partial charge in [-0.25, -0.2) is 4.79 Å². The Morgan fingerprint density at radius 1 is 1.47 bits per heavy atom. The summed E-state index contributed by atoms with van der Waals surface area (Å²) in [7, 11) is 0. The van der Waals surface area contributed by atoms with Crippen molar-refractivity contribution in [1.82, 2.24) is 4.90 Å². The third kappa shape index (κ3) is 3.12. The van der Waals surface area contributed by atoms with E-state index in [4.69, 9.17) is 9.47 Å². The smallest absolute Gasteiger partial charge is 0.410 e. The van der Waals surface area contributed by atoms with E-state index in [1.165, 1.54) is 0 Å². The van der Waals surface area contributed by atoms with Gasteiger partial charge in [-0.05, 0) is 40.5 Å². The molecule has 2 atom stereocenters. The summed E-state index contributed by atoms with van der Waals surface area (Å²) >= 11 is 0. The van der Waals surface area contributed by atoms with Crippen molar-refractivity contribution in [2.45, 2.75) is 51.7 Å². The molecule has 0 aromatic rings. The lowest BCUT2D eigenvalue weighted by Crippen LogP contribution is -2.46. The van der Waals surface area contributed by atoms with Crippen LogP contribution >= 0.6 is 0 Å². The number of hydrogen-bond acceptors (Lipinski definition) is 3. The SMILES string of the molecule is CC(C)(C)OC(=O)N1CCC[C@@H]([C@]2(C)CO2)C1. The maximum atomic E-state index is 12.0. The molecule has 2 aliphatic heterocycles. The molecule has 2 saturated heterocycles. The minimum absolute atomic E-state index is 0.0146. The van der Waals surface area contributed by atoms with Crippen molar-refractivity contribution in [3.05, 3.63) is 0 Å². The van der Waals surface area contributed by atoms with Crippen molar-refractivity contribution in [2.24, 2.45) is 5.92 Å². The van der Waals surface area contributed by atoms with E-state index in [0.717, 1.165) is 32.5 Å². The number of epoxide rings is 1. The molecule has 2 heterocycles. The quantitative estimate of drug-likeness (QED) is 0.662. The Labute approximate surface area is 103 Å². The van der Waals surface area contributed by atoms with E-state index >= 15 is 0 Å². The van der Waals surface area contributed by atoms with Gasteiger partial charge in [0.2, 0.25) is 0 Å². The lowest BCUT2D eigenvalue weighted by molar-refractivity contribution is 0.0118. The fourth-order valence-corrected chi connectivity index (χ4v) is 2.32. The number of piperidine rings is 1. The van der Waals surface area contributed by atoms with Crippen LogP contribution in [0.3, 0.4) is 0 Å². The van der Waals surface area contributed by atoms with Crippen molar-refractivity contribution in [2.75, 3.05) is 19.7 Å². The Bertz CT molecular complexity index is 304. The summed E-state index contributed by atoms with van der Waals surface area (Å²) in [6.07, 6.45) is 2.00. The lowest BCUT2D eigenvalue weighted by atomic mass is 9.87. The van der Waals surface area contributed by atoms with Gasteiger partial charge in [-0.2, -0.15) is 0 Å².